The fraction of sp³-hybridized carbons (Fsp3) is 0.192. The number of anilines is 1. The van der Waals surface area contributed by atoms with Gasteiger partial charge in [0.25, 0.3) is 11.8 Å². The van der Waals surface area contributed by atoms with Gasteiger partial charge >= 0.3 is 0 Å². The first-order valence-corrected chi connectivity index (χ1v) is 10.6. The zero-order valence-corrected chi connectivity index (χ0v) is 18.7. The molecule has 0 saturated heterocycles. The van der Waals surface area contributed by atoms with Crippen molar-refractivity contribution in [2.75, 3.05) is 12.4 Å². The van der Waals surface area contributed by atoms with Gasteiger partial charge in [-0.15, -0.1) is 0 Å². The maximum Gasteiger partial charge on any atom is 0.278 e. The number of hydrogen-bond donors (Lipinski definition) is 1. The second kappa shape index (κ2) is 9.56. The molecule has 4 rings (SSSR count). The highest BCUT2D eigenvalue weighted by atomic mass is 16.5. The lowest BCUT2D eigenvalue weighted by Crippen LogP contribution is -2.32. The van der Waals surface area contributed by atoms with Crippen molar-refractivity contribution in [3.8, 4) is 11.5 Å². The number of imide groups is 1. The van der Waals surface area contributed by atoms with Crippen LogP contribution in [0, 0.1) is 0 Å². The van der Waals surface area contributed by atoms with Crippen LogP contribution in [0.25, 0.3) is 5.57 Å². The lowest BCUT2D eigenvalue weighted by molar-refractivity contribution is -0.137. The molecule has 7 nitrogen and oxygen atoms in total. The standard InChI is InChI=1S/C26H25N3O4/c1-17(2)33-20-10-8-19(9-11-20)23-24(28-21-6-4-5-7-22(21)32-3)26(31)29(25(23)30)16-18-12-14-27-15-13-18/h4-15,17,28H,16H2,1-3H3. The molecule has 1 aliphatic rings. The van der Waals surface area contributed by atoms with Gasteiger partial charge in [0.2, 0.25) is 0 Å². The van der Waals surface area contributed by atoms with Crippen LogP contribution in [0.4, 0.5) is 5.69 Å². The molecule has 0 atom stereocenters. The van der Waals surface area contributed by atoms with E-state index in [9.17, 15) is 9.59 Å². The summed E-state index contributed by atoms with van der Waals surface area (Å²) in [6, 6.07) is 18.0. The number of amides is 2. The Bertz CT molecular complexity index is 1190. The van der Waals surface area contributed by atoms with E-state index >= 15 is 0 Å². The first-order valence-electron chi connectivity index (χ1n) is 10.6. The summed E-state index contributed by atoms with van der Waals surface area (Å²) in [5.74, 6) is 0.490. The third-order valence-corrected chi connectivity index (χ3v) is 5.14. The largest absolute Gasteiger partial charge is 0.495 e. The van der Waals surface area contributed by atoms with Crippen LogP contribution < -0.4 is 14.8 Å². The Labute approximate surface area is 192 Å². The monoisotopic (exact) mass is 443 g/mol. The van der Waals surface area contributed by atoms with Gasteiger partial charge in [-0.05, 0) is 61.4 Å². The van der Waals surface area contributed by atoms with Crippen LogP contribution in [0.5, 0.6) is 11.5 Å². The second-order valence-electron chi connectivity index (χ2n) is 7.82. The normalized spacial score (nSPS) is 13.6. The van der Waals surface area contributed by atoms with Gasteiger partial charge in [0.1, 0.15) is 17.2 Å². The summed E-state index contributed by atoms with van der Waals surface area (Å²) < 4.78 is 11.1. The van der Waals surface area contributed by atoms with E-state index in [0.29, 0.717) is 28.3 Å². The molecule has 1 aromatic heterocycles. The van der Waals surface area contributed by atoms with E-state index in [4.69, 9.17) is 9.47 Å². The van der Waals surface area contributed by atoms with Gasteiger partial charge in [-0.2, -0.15) is 0 Å². The van der Waals surface area contributed by atoms with Gasteiger partial charge in [-0.25, -0.2) is 0 Å². The topological polar surface area (TPSA) is 80.8 Å². The summed E-state index contributed by atoms with van der Waals surface area (Å²) in [6.07, 6.45) is 3.30. The van der Waals surface area contributed by atoms with E-state index in [0.717, 1.165) is 5.56 Å². The van der Waals surface area contributed by atoms with Gasteiger partial charge < -0.3 is 14.8 Å². The number of nitrogens with zero attached hydrogens (tertiary/aromatic N) is 2. The molecule has 0 bridgehead atoms. The second-order valence-corrected chi connectivity index (χ2v) is 7.82. The minimum Gasteiger partial charge on any atom is -0.495 e. The molecule has 0 unspecified atom stereocenters. The number of nitrogens with one attached hydrogen (secondary N) is 1. The predicted molar refractivity (Wildman–Crippen MR) is 126 cm³/mol. The third-order valence-electron chi connectivity index (χ3n) is 5.14. The molecule has 2 amide bonds. The summed E-state index contributed by atoms with van der Waals surface area (Å²) in [5.41, 5.74) is 2.54. The molecule has 2 aromatic carbocycles. The zero-order valence-electron chi connectivity index (χ0n) is 18.7. The Morgan fingerprint density at radius 3 is 2.30 bits per heavy atom. The SMILES string of the molecule is COc1ccccc1NC1=C(c2ccc(OC(C)C)cc2)C(=O)N(Cc2ccncc2)C1=O. The lowest BCUT2D eigenvalue weighted by Gasteiger charge is -2.16. The number of hydrogen-bond acceptors (Lipinski definition) is 6. The molecule has 2 heterocycles. The van der Waals surface area contributed by atoms with Crippen molar-refractivity contribution in [1.82, 2.24) is 9.88 Å². The van der Waals surface area contributed by atoms with Crippen LogP contribution in [0.2, 0.25) is 0 Å². The Balaban J connectivity index is 1.74. The number of carbonyl (C=O) groups excluding carboxylic acids is 2. The molecule has 3 aromatic rings. The lowest BCUT2D eigenvalue weighted by atomic mass is 10.0. The van der Waals surface area contributed by atoms with E-state index in [2.05, 4.69) is 10.3 Å². The van der Waals surface area contributed by atoms with E-state index in [1.165, 1.54) is 4.90 Å². The highest BCUT2D eigenvalue weighted by Gasteiger charge is 2.39. The van der Waals surface area contributed by atoms with Gasteiger partial charge in [0, 0.05) is 12.4 Å². The van der Waals surface area contributed by atoms with Crippen molar-refractivity contribution in [1.29, 1.82) is 0 Å². The molecule has 0 saturated carbocycles. The van der Waals surface area contributed by atoms with E-state index in [1.807, 2.05) is 26.0 Å². The predicted octanol–water partition coefficient (Wildman–Crippen LogP) is 4.27. The van der Waals surface area contributed by atoms with Crippen LogP contribution in [0.3, 0.4) is 0 Å². The molecule has 7 heteroatoms. The third kappa shape index (κ3) is 4.72. The molecule has 1 aliphatic heterocycles. The van der Waals surface area contributed by atoms with Gasteiger partial charge in [-0.1, -0.05) is 24.3 Å². The molecule has 0 aliphatic carbocycles. The quantitative estimate of drug-likeness (QED) is 0.524. The van der Waals surface area contributed by atoms with E-state index in [1.54, 1.807) is 68.0 Å². The van der Waals surface area contributed by atoms with Crippen molar-refractivity contribution in [2.45, 2.75) is 26.5 Å². The number of benzene rings is 2. The number of para-hydroxylation sites is 2. The van der Waals surface area contributed by atoms with Crippen molar-refractivity contribution in [3.05, 3.63) is 89.9 Å². The van der Waals surface area contributed by atoms with Gasteiger partial charge in [0.05, 0.1) is 31.0 Å². The fourth-order valence-electron chi connectivity index (χ4n) is 3.63. The van der Waals surface area contributed by atoms with Crippen LogP contribution >= 0.6 is 0 Å². The highest BCUT2D eigenvalue weighted by molar-refractivity contribution is 6.36. The van der Waals surface area contributed by atoms with Crippen molar-refractivity contribution in [3.63, 3.8) is 0 Å². The molecule has 0 radical (unpaired) electrons. The summed E-state index contributed by atoms with van der Waals surface area (Å²) in [7, 11) is 1.56. The number of rotatable bonds is 8. The van der Waals surface area contributed by atoms with Gasteiger partial charge in [0.15, 0.2) is 0 Å². The van der Waals surface area contributed by atoms with Crippen molar-refractivity contribution in [2.24, 2.45) is 0 Å². The maximum absolute atomic E-state index is 13.5. The van der Waals surface area contributed by atoms with Crippen molar-refractivity contribution >= 4 is 23.1 Å². The van der Waals surface area contributed by atoms with Gasteiger partial charge in [-0.3, -0.25) is 19.5 Å². The molecule has 1 N–H and O–H groups in total. The highest BCUT2D eigenvalue weighted by Crippen LogP contribution is 2.34. The Morgan fingerprint density at radius 2 is 1.64 bits per heavy atom. The smallest absolute Gasteiger partial charge is 0.278 e. The first-order chi connectivity index (χ1) is 16.0. The minimum atomic E-state index is -0.403. The van der Waals surface area contributed by atoms with Crippen molar-refractivity contribution < 1.29 is 19.1 Å². The molecule has 168 valence electrons. The molecule has 33 heavy (non-hydrogen) atoms. The first kappa shape index (κ1) is 22.1. The average Bonchev–Trinajstić information content (AvgIpc) is 3.04. The molecule has 0 spiro atoms. The minimum absolute atomic E-state index is 0.0309. The average molecular weight is 444 g/mol. The van der Waals surface area contributed by atoms with Crippen LogP contribution in [0.15, 0.2) is 78.8 Å². The summed E-state index contributed by atoms with van der Waals surface area (Å²) >= 11 is 0. The fourth-order valence-corrected chi connectivity index (χ4v) is 3.63. The summed E-state index contributed by atoms with van der Waals surface area (Å²) in [5, 5.41) is 3.15. The number of ether oxygens (including phenoxy) is 2. The number of carbonyl (C=O) groups is 2. The maximum atomic E-state index is 13.5. The van der Waals surface area contributed by atoms with Crippen LogP contribution in [-0.2, 0) is 16.1 Å². The Morgan fingerprint density at radius 1 is 0.939 bits per heavy atom. The Hall–Kier alpha value is -4.13. The molecule has 0 fully saturated rings. The number of pyridine rings is 1. The van der Waals surface area contributed by atoms with Crippen LogP contribution in [0.1, 0.15) is 25.0 Å². The summed E-state index contributed by atoms with van der Waals surface area (Å²) in [6.45, 7) is 4.04. The number of aromatic nitrogens is 1. The summed E-state index contributed by atoms with van der Waals surface area (Å²) in [4.78, 5) is 32.1. The van der Waals surface area contributed by atoms with E-state index in [-0.39, 0.29) is 24.3 Å². The van der Waals surface area contributed by atoms with Crippen LogP contribution in [-0.4, -0.2) is 34.9 Å². The molecular weight excluding hydrogens is 418 g/mol. The Kier molecular flexibility index (Phi) is 6.40. The number of methoxy groups -OCH3 is 1. The van der Waals surface area contributed by atoms with E-state index < -0.39 is 5.91 Å². The zero-order chi connectivity index (χ0) is 23.4. The molecular formula is C26H25N3O4.